The van der Waals surface area contributed by atoms with E-state index in [1.807, 2.05) is 12.1 Å². The zero-order chi connectivity index (χ0) is 22.8. The molecule has 0 aromatic heterocycles. The molecular weight excluding hydrogens is 420 g/mol. The van der Waals surface area contributed by atoms with Crippen LogP contribution in [-0.2, 0) is 4.79 Å². The summed E-state index contributed by atoms with van der Waals surface area (Å²) >= 11 is 6.45. The number of nitrogens with one attached hydrogen (secondary N) is 1. The first-order valence-electron chi connectivity index (χ1n) is 9.85. The van der Waals surface area contributed by atoms with Crippen molar-refractivity contribution < 1.29 is 14.5 Å². The van der Waals surface area contributed by atoms with Gasteiger partial charge in [0, 0.05) is 29.9 Å². The van der Waals surface area contributed by atoms with Crippen LogP contribution in [0.25, 0.3) is 0 Å². The number of fused-ring (bicyclic) bond motifs is 1. The average Bonchev–Trinajstić information content (AvgIpc) is 2.71. The van der Waals surface area contributed by atoms with Gasteiger partial charge in [-0.15, -0.1) is 0 Å². The quantitative estimate of drug-likeness (QED) is 0.402. The zero-order valence-corrected chi connectivity index (χ0v) is 18.6. The van der Waals surface area contributed by atoms with E-state index >= 15 is 0 Å². The molecular formula is C22H25ClN4O4. The molecule has 0 fully saturated rings. The van der Waals surface area contributed by atoms with E-state index in [0.29, 0.717) is 16.5 Å². The number of nitrogens with zero attached hydrogens (tertiary/aromatic N) is 3. The van der Waals surface area contributed by atoms with Gasteiger partial charge >= 0.3 is 5.69 Å². The number of ether oxygens (including phenoxy) is 1. The molecule has 0 aliphatic carbocycles. The smallest absolute Gasteiger partial charge is 0.310 e. The Bertz CT molecular complexity index is 1040. The lowest BCUT2D eigenvalue weighted by molar-refractivity contribution is -0.385. The van der Waals surface area contributed by atoms with E-state index < -0.39 is 17.4 Å². The third-order valence-electron chi connectivity index (χ3n) is 5.57. The van der Waals surface area contributed by atoms with Gasteiger partial charge in [0.1, 0.15) is 0 Å². The molecule has 2 aromatic carbocycles. The third kappa shape index (κ3) is 4.96. The Morgan fingerprint density at radius 1 is 1.42 bits per heavy atom. The lowest BCUT2D eigenvalue weighted by atomic mass is 9.80. The van der Waals surface area contributed by atoms with Crippen molar-refractivity contribution in [3.8, 4) is 5.75 Å². The summed E-state index contributed by atoms with van der Waals surface area (Å²) in [4.78, 5) is 24.7. The van der Waals surface area contributed by atoms with Crippen molar-refractivity contribution in [2.24, 2.45) is 5.10 Å². The number of carbonyl (C=O) groups excluding carboxylic acids is 1. The van der Waals surface area contributed by atoms with E-state index in [0.717, 1.165) is 12.1 Å². The Hall–Kier alpha value is -3.13. The Morgan fingerprint density at radius 3 is 2.84 bits per heavy atom. The molecule has 0 saturated carbocycles. The number of carbonyl (C=O) groups is 1. The predicted molar refractivity (Wildman–Crippen MR) is 121 cm³/mol. The van der Waals surface area contributed by atoms with E-state index in [1.54, 1.807) is 6.07 Å². The number of hydrazone groups is 1. The number of hydrogen-bond acceptors (Lipinski definition) is 6. The molecule has 31 heavy (non-hydrogen) atoms. The Balaban J connectivity index is 1.66. The van der Waals surface area contributed by atoms with Gasteiger partial charge in [0.25, 0.3) is 5.91 Å². The largest absolute Gasteiger partial charge is 0.477 e. The van der Waals surface area contributed by atoms with Crippen LogP contribution in [0.15, 0.2) is 41.5 Å². The van der Waals surface area contributed by atoms with Gasteiger partial charge in [0.05, 0.1) is 16.2 Å². The van der Waals surface area contributed by atoms with Crippen molar-refractivity contribution in [1.29, 1.82) is 0 Å². The number of anilines is 1. The maximum atomic E-state index is 12.0. The van der Waals surface area contributed by atoms with Gasteiger partial charge < -0.3 is 9.64 Å². The van der Waals surface area contributed by atoms with Crippen LogP contribution in [0, 0.1) is 10.1 Å². The summed E-state index contributed by atoms with van der Waals surface area (Å²) in [6.07, 6.45) is 2.49. The normalized spacial score (nSPS) is 17.3. The van der Waals surface area contributed by atoms with Gasteiger partial charge in [-0.05, 0) is 49.9 Å². The second-order valence-electron chi connectivity index (χ2n) is 8.22. The summed E-state index contributed by atoms with van der Waals surface area (Å²) in [6.45, 7) is 6.19. The lowest BCUT2D eigenvalue weighted by Gasteiger charge is -2.45. The molecule has 0 unspecified atom stereocenters. The first-order chi connectivity index (χ1) is 14.6. The zero-order valence-electron chi connectivity index (χ0n) is 17.9. The standard InChI is InChI=1S/C22H25ClN4O4/c1-14-11-22(2,3)26(4)19-10-17(23)15(9-16(14)19)12-24-25-21(28)13-31-20-8-6-5-7-18(20)27(29)30/h5-10,12,14H,11,13H2,1-4H3,(H,25,28)/b24-12+/t14-/m1/s1. The van der Waals surface area contributed by atoms with Crippen LogP contribution in [0.1, 0.15) is 44.2 Å². The topological polar surface area (TPSA) is 97.1 Å². The van der Waals surface area contributed by atoms with Crippen molar-refractivity contribution >= 4 is 35.1 Å². The fourth-order valence-corrected chi connectivity index (χ4v) is 3.99. The van der Waals surface area contributed by atoms with Crippen LogP contribution in [0.4, 0.5) is 11.4 Å². The molecule has 1 N–H and O–H groups in total. The van der Waals surface area contributed by atoms with E-state index in [-0.39, 0.29) is 17.0 Å². The molecule has 164 valence electrons. The highest BCUT2D eigenvalue weighted by atomic mass is 35.5. The number of benzene rings is 2. The first kappa shape index (κ1) is 22.6. The van der Waals surface area contributed by atoms with Gasteiger partial charge in [0.15, 0.2) is 12.4 Å². The van der Waals surface area contributed by atoms with Crippen LogP contribution in [0.5, 0.6) is 5.75 Å². The van der Waals surface area contributed by atoms with E-state index in [4.69, 9.17) is 16.3 Å². The molecule has 1 aliphatic rings. The first-order valence-corrected chi connectivity index (χ1v) is 10.2. The number of hydrogen-bond donors (Lipinski definition) is 1. The minimum absolute atomic E-state index is 0.0189. The Kier molecular flexibility index (Phi) is 6.50. The molecule has 1 amide bonds. The molecule has 9 heteroatoms. The average molecular weight is 445 g/mol. The molecule has 3 rings (SSSR count). The summed E-state index contributed by atoms with van der Waals surface area (Å²) < 4.78 is 5.25. The van der Waals surface area contributed by atoms with Crippen molar-refractivity contribution in [1.82, 2.24) is 5.43 Å². The Morgan fingerprint density at radius 2 is 2.13 bits per heavy atom. The number of nitro benzene ring substituents is 1. The summed E-state index contributed by atoms with van der Waals surface area (Å²) in [5, 5.41) is 15.5. The van der Waals surface area contributed by atoms with Gasteiger partial charge in [0.2, 0.25) is 0 Å². The monoisotopic (exact) mass is 444 g/mol. The summed E-state index contributed by atoms with van der Waals surface area (Å²) in [6, 6.07) is 9.78. The SMILES string of the molecule is C[C@@H]1CC(C)(C)N(C)c2cc(Cl)c(/C=N/NC(=O)COc3ccccc3[N+](=O)[O-])cc21. The molecule has 1 aliphatic heterocycles. The summed E-state index contributed by atoms with van der Waals surface area (Å²) in [5.41, 5.74) is 5.15. The second kappa shape index (κ2) is 8.93. The molecule has 0 radical (unpaired) electrons. The van der Waals surface area contributed by atoms with Gasteiger partial charge in [-0.2, -0.15) is 5.10 Å². The summed E-state index contributed by atoms with van der Waals surface area (Å²) in [5.74, 6) is -0.168. The molecule has 0 spiro atoms. The van der Waals surface area contributed by atoms with Gasteiger partial charge in [-0.25, -0.2) is 5.43 Å². The van der Waals surface area contributed by atoms with Crippen molar-refractivity contribution in [3.05, 3.63) is 62.7 Å². The van der Waals surface area contributed by atoms with Crippen LogP contribution in [-0.4, -0.2) is 36.2 Å². The molecule has 1 heterocycles. The van der Waals surface area contributed by atoms with Crippen LogP contribution in [0.3, 0.4) is 0 Å². The van der Waals surface area contributed by atoms with Crippen LogP contribution in [0.2, 0.25) is 5.02 Å². The summed E-state index contributed by atoms with van der Waals surface area (Å²) in [7, 11) is 2.06. The van der Waals surface area contributed by atoms with Crippen LogP contribution >= 0.6 is 11.6 Å². The van der Waals surface area contributed by atoms with Crippen molar-refractivity contribution in [2.45, 2.75) is 38.6 Å². The number of amides is 1. The number of nitro groups is 1. The van der Waals surface area contributed by atoms with Crippen molar-refractivity contribution in [3.63, 3.8) is 0 Å². The fourth-order valence-electron chi connectivity index (χ4n) is 3.78. The van der Waals surface area contributed by atoms with Gasteiger partial charge in [-0.3, -0.25) is 14.9 Å². The highest BCUT2D eigenvalue weighted by molar-refractivity contribution is 6.33. The Labute approximate surface area is 186 Å². The minimum atomic E-state index is -0.566. The van der Waals surface area contributed by atoms with E-state index in [1.165, 1.54) is 30.0 Å². The highest BCUT2D eigenvalue weighted by Gasteiger charge is 2.34. The van der Waals surface area contributed by atoms with Crippen LogP contribution < -0.4 is 15.1 Å². The third-order valence-corrected chi connectivity index (χ3v) is 5.89. The van der Waals surface area contributed by atoms with Gasteiger partial charge in [-0.1, -0.05) is 30.7 Å². The van der Waals surface area contributed by atoms with E-state index in [9.17, 15) is 14.9 Å². The highest BCUT2D eigenvalue weighted by Crippen LogP contribution is 2.44. The maximum Gasteiger partial charge on any atom is 0.310 e. The second-order valence-corrected chi connectivity index (χ2v) is 8.62. The van der Waals surface area contributed by atoms with Crippen molar-refractivity contribution in [2.75, 3.05) is 18.6 Å². The number of halogens is 1. The number of para-hydroxylation sites is 2. The fraction of sp³-hybridized carbons (Fsp3) is 0.364. The minimum Gasteiger partial charge on any atom is -0.477 e. The molecule has 2 aromatic rings. The predicted octanol–water partition coefficient (Wildman–Crippen LogP) is 4.50. The maximum absolute atomic E-state index is 12.0. The number of rotatable bonds is 6. The molecule has 0 saturated heterocycles. The molecule has 1 atom stereocenters. The molecule has 8 nitrogen and oxygen atoms in total. The molecule has 0 bridgehead atoms. The van der Waals surface area contributed by atoms with E-state index in [2.05, 4.69) is 43.2 Å². The lowest BCUT2D eigenvalue weighted by Crippen LogP contribution is -2.45.